The van der Waals surface area contributed by atoms with E-state index in [0.717, 1.165) is 12.0 Å². The van der Waals surface area contributed by atoms with Gasteiger partial charge in [-0.3, -0.25) is 9.69 Å². The molecule has 1 fully saturated rings. The van der Waals surface area contributed by atoms with Crippen LogP contribution in [0.15, 0.2) is 24.3 Å². The highest BCUT2D eigenvalue weighted by atomic mass is 16.5. The fraction of sp³-hybridized carbons (Fsp3) is 0.611. The zero-order chi connectivity index (χ0) is 17.6. The highest BCUT2D eigenvalue weighted by Crippen LogP contribution is 2.37. The van der Waals surface area contributed by atoms with E-state index in [9.17, 15) is 15.0 Å². The molecule has 6 nitrogen and oxygen atoms in total. The van der Waals surface area contributed by atoms with E-state index in [1.807, 2.05) is 31.2 Å². The molecule has 3 N–H and O–H groups in total. The largest absolute Gasteiger partial charge is 0.491 e. The maximum Gasteiger partial charge on any atom is 0.312 e. The molecule has 24 heavy (non-hydrogen) atoms. The van der Waals surface area contributed by atoms with Crippen molar-refractivity contribution < 1.29 is 24.9 Å². The Labute approximate surface area is 142 Å². The van der Waals surface area contributed by atoms with Crippen LogP contribution in [0, 0.1) is 5.41 Å². The number of likely N-dealkylation sites (tertiary alicyclic amines) is 1. The quantitative estimate of drug-likeness (QED) is 0.666. The number of hydrogen-bond donors (Lipinski definition) is 3. The average Bonchev–Trinajstić information content (AvgIpc) is 2.56. The van der Waals surface area contributed by atoms with E-state index < -0.39 is 17.5 Å². The Balaban J connectivity index is 2.05. The van der Waals surface area contributed by atoms with Gasteiger partial charge in [-0.25, -0.2) is 0 Å². The molecule has 1 aliphatic rings. The fourth-order valence-electron chi connectivity index (χ4n) is 3.44. The number of hydrogen-bond acceptors (Lipinski definition) is 5. The molecule has 6 heteroatoms. The van der Waals surface area contributed by atoms with Crippen LogP contribution >= 0.6 is 0 Å². The van der Waals surface area contributed by atoms with Crippen molar-refractivity contribution in [3.05, 3.63) is 29.8 Å². The molecule has 0 aliphatic carbocycles. The van der Waals surface area contributed by atoms with Crippen LogP contribution in [-0.2, 0) is 11.3 Å². The molecule has 1 aromatic rings. The standard InChI is InChI=1S/C18H27NO5/c1-2-7-18(17(22)23)8-9-19(13-16(18)21)12-14-5-3-4-6-15(14)24-11-10-20/h3-6,16,20-21H,2,7-13H2,1H3,(H,22,23)/t16-,18+/m1/s1. The van der Waals surface area contributed by atoms with Crippen molar-refractivity contribution in [1.82, 2.24) is 4.90 Å². The lowest BCUT2D eigenvalue weighted by atomic mass is 9.73. The Morgan fingerprint density at radius 1 is 1.42 bits per heavy atom. The molecule has 0 saturated carbocycles. The number of aliphatic carboxylic acids is 1. The fourth-order valence-corrected chi connectivity index (χ4v) is 3.44. The summed E-state index contributed by atoms with van der Waals surface area (Å²) in [5, 5.41) is 29.0. The molecule has 0 radical (unpaired) electrons. The third-order valence-electron chi connectivity index (χ3n) is 4.78. The van der Waals surface area contributed by atoms with Gasteiger partial charge in [0.1, 0.15) is 12.4 Å². The van der Waals surface area contributed by atoms with Crippen molar-refractivity contribution in [3.8, 4) is 5.75 Å². The number of benzene rings is 1. The molecular formula is C18H27NO5. The second-order valence-corrected chi connectivity index (χ2v) is 6.39. The highest BCUT2D eigenvalue weighted by molar-refractivity contribution is 5.75. The first-order valence-corrected chi connectivity index (χ1v) is 8.49. The molecule has 1 saturated heterocycles. The number of aliphatic hydroxyl groups is 2. The Hall–Kier alpha value is -1.63. The summed E-state index contributed by atoms with van der Waals surface area (Å²) in [5.74, 6) is -0.187. The summed E-state index contributed by atoms with van der Waals surface area (Å²) in [7, 11) is 0. The first-order valence-electron chi connectivity index (χ1n) is 8.49. The Kier molecular flexibility index (Phi) is 6.60. The van der Waals surface area contributed by atoms with Gasteiger partial charge in [-0.1, -0.05) is 31.5 Å². The number of aliphatic hydroxyl groups excluding tert-OH is 2. The maximum atomic E-state index is 11.7. The number of carbonyl (C=O) groups is 1. The molecular weight excluding hydrogens is 310 g/mol. The number of para-hydroxylation sites is 1. The van der Waals surface area contributed by atoms with E-state index in [1.54, 1.807) is 0 Å². The molecule has 0 spiro atoms. The van der Waals surface area contributed by atoms with Crippen molar-refractivity contribution in [3.63, 3.8) is 0 Å². The third-order valence-corrected chi connectivity index (χ3v) is 4.78. The van der Waals surface area contributed by atoms with Crippen LogP contribution in [0.5, 0.6) is 5.75 Å². The number of piperidine rings is 1. The molecule has 2 rings (SSSR count). The summed E-state index contributed by atoms with van der Waals surface area (Å²) < 4.78 is 5.54. The summed E-state index contributed by atoms with van der Waals surface area (Å²) >= 11 is 0. The first-order chi connectivity index (χ1) is 11.5. The van der Waals surface area contributed by atoms with Crippen molar-refractivity contribution in [2.75, 3.05) is 26.3 Å². The molecule has 1 aromatic carbocycles. The van der Waals surface area contributed by atoms with E-state index in [1.165, 1.54) is 0 Å². The molecule has 134 valence electrons. The molecule has 0 bridgehead atoms. The smallest absolute Gasteiger partial charge is 0.312 e. The van der Waals surface area contributed by atoms with Gasteiger partial charge in [-0.2, -0.15) is 0 Å². The minimum absolute atomic E-state index is 0.0467. The van der Waals surface area contributed by atoms with Gasteiger partial charge in [0.25, 0.3) is 0 Å². The van der Waals surface area contributed by atoms with Crippen LogP contribution in [-0.4, -0.2) is 58.6 Å². The Morgan fingerprint density at radius 3 is 2.79 bits per heavy atom. The predicted octanol–water partition coefficient (Wildman–Crippen LogP) is 1.50. The van der Waals surface area contributed by atoms with Gasteiger partial charge < -0.3 is 20.1 Å². The van der Waals surface area contributed by atoms with Crippen molar-refractivity contribution in [2.45, 2.75) is 38.8 Å². The number of ether oxygens (including phenoxy) is 1. The molecule has 0 amide bonds. The topological polar surface area (TPSA) is 90.2 Å². The monoisotopic (exact) mass is 337 g/mol. The summed E-state index contributed by atoms with van der Waals surface area (Å²) in [6.45, 7) is 3.67. The van der Waals surface area contributed by atoms with Gasteiger partial charge in [-0.15, -0.1) is 0 Å². The van der Waals surface area contributed by atoms with E-state index in [4.69, 9.17) is 9.84 Å². The summed E-state index contributed by atoms with van der Waals surface area (Å²) in [6.07, 6.45) is 0.792. The summed E-state index contributed by atoms with van der Waals surface area (Å²) in [6, 6.07) is 7.59. The van der Waals surface area contributed by atoms with E-state index in [0.29, 0.717) is 38.2 Å². The number of nitrogens with zero attached hydrogens (tertiary/aromatic N) is 1. The van der Waals surface area contributed by atoms with Crippen molar-refractivity contribution >= 4 is 5.97 Å². The second kappa shape index (κ2) is 8.46. The minimum Gasteiger partial charge on any atom is -0.491 e. The first kappa shape index (κ1) is 18.7. The van der Waals surface area contributed by atoms with Gasteiger partial charge in [-0.05, 0) is 25.5 Å². The van der Waals surface area contributed by atoms with Crippen LogP contribution in [0.2, 0.25) is 0 Å². The third kappa shape index (κ3) is 4.06. The van der Waals surface area contributed by atoms with Crippen LogP contribution in [0.3, 0.4) is 0 Å². The van der Waals surface area contributed by atoms with Crippen molar-refractivity contribution in [1.29, 1.82) is 0 Å². The number of carboxylic acids is 1. The van der Waals surface area contributed by atoms with Gasteiger partial charge in [0.15, 0.2) is 0 Å². The van der Waals surface area contributed by atoms with Crippen molar-refractivity contribution in [2.24, 2.45) is 5.41 Å². The zero-order valence-electron chi connectivity index (χ0n) is 14.1. The minimum atomic E-state index is -1.03. The van der Waals surface area contributed by atoms with Crippen LogP contribution in [0.25, 0.3) is 0 Å². The van der Waals surface area contributed by atoms with Gasteiger partial charge in [0.05, 0.1) is 18.1 Å². The van der Waals surface area contributed by atoms with E-state index in [2.05, 4.69) is 4.90 Å². The predicted molar refractivity (Wildman–Crippen MR) is 89.9 cm³/mol. The molecule has 2 atom stereocenters. The lowest BCUT2D eigenvalue weighted by Crippen LogP contribution is -2.54. The number of β-amino-alcohol motifs (C(OH)–C–C–N with tert-alkyl or cyclic N) is 1. The molecule has 0 unspecified atom stereocenters. The molecule has 0 aromatic heterocycles. The van der Waals surface area contributed by atoms with Gasteiger partial charge in [0, 0.05) is 18.7 Å². The van der Waals surface area contributed by atoms with Crippen LogP contribution in [0.1, 0.15) is 31.7 Å². The normalized spacial score (nSPS) is 24.7. The SMILES string of the molecule is CCC[C@]1(C(=O)O)CCN(Cc2ccccc2OCCO)C[C@H]1O. The molecule has 1 heterocycles. The average molecular weight is 337 g/mol. The van der Waals surface area contributed by atoms with Gasteiger partial charge in [0.2, 0.25) is 0 Å². The number of rotatable bonds is 8. The van der Waals surface area contributed by atoms with Crippen LogP contribution < -0.4 is 4.74 Å². The second-order valence-electron chi connectivity index (χ2n) is 6.39. The zero-order valence-corrected chi connectivity index (χ0v) is 14.1. The summed E-state index contributed by atoms with van der Waals surface area (Å²) in [5.41, 5.74) is -0.0607. The van der Waals surface area contributed by atoms with E-state index in [-0.39, 0.29) is 13.2 Å². The molecule has 1 aliphatic heterocycles. The van der Waals surface area contributed by atoms with E-state index >= 15 is 0 Å². The Bertz CT molecular complexity index is 550. The highest BCUT2D eigenvalue weighted by Gasteiger charge is 2.47. The Morgan fingerprint density at radius 2 is 2.17 bits per heavy atom. The number of carboxylic acid groups (broad SMARTS) is 1. The maximum absolute atomic E-state index is 11.7. The lowest BCUT2D eigenvalue weighted by Gasteiger charge is -2.42. The summed E-state index contributed by atoms with van der Waals surface area (Å²) in [4.78, 5) is 13.8. The lowest BCUT2D eigenvalue weighted by molar-refractivity contribution is -0.164. The van der Waals surface area contributed by atoms with Crippen LogP contribution in [0.4, 0.5) is 0 Å². The van der Waals surface area contributed by atoms with Gasteiger partial charge >= 0.3 is 5.97 Å².